The van der Waals surface area contributed by atoms with Crippen LogP contribution in [0.1, 0.15) is 0 Å². The van der Waals surface area contributed by atoms with E-state index in [1.165, 1.54) is 36.4 Å². The number of hydrazine groups is 1. The summed E-state index contributed by atoms with van der Waals surface area (Å²) in [6, 6.07) is 9.60. The summed E-state index contributed by atoms with van der Waals surface area (Å²) in [6.45, 7) is 0. The van der Waals surface area contributed by atoms with Gasteiger partial charge in [0.15, 0.2) is 0 Å². The minimum atomic E-state index is -0.603. The van der Waals surface area contributed by atoms with Crippen molar-refractivity contribution in [2.75, 3.05) is 5.43 Å². The fourth-order valence-corrected chi connectivity index (χ4v) is 1.54. The smallest absolute Gasteiger partial charge is 0.335 e. The van der Waals surface area contributed by atoms with Crippen LogP contribution in [-0.4, -0.2) is 4.92 Å². The molecule has 2 aromatic carbocycles. The molecule has 98 valence electrons. The van der Waals surface area contributed by atoms with Crippen LogP contribution in [0.15, 0.2) is 42.5 Å². The third kappa shape index (κ3) is 2.78. The molecule has 19 heavy (non-hydrogen) atoms. The molecule has 0 aromatic heterocycles. The zero-order valence-corrected chi connectivity index (χ0v) is 9.67. The molecule has 0 aliphatic carbocycles. The minimum Gasteiger partial charge on any atom is -0.450 e. The second-order valence-corrected chi connectivity index (χ2v) is 3.61. The number of nitro groups is 1. The van der Waals surface area contributed by atoms with Gasteiger partial charge in [-0.25, -0.2) is 4.39 Å². The van der Waals surface area contributed by atoms with E-state index in [4.69, 9.17) is 10.6 Å². The minimum absolute atomic E-state index is 0.0204. The fraction of sp³-hybridized carbons (Fsp3) is 0. The first kappa shape index (κ1) is 12.8. The van der Waals surface area contributed by atoms with Crippen LogP contribution in [0.4, 0.5) is 15.8 Å². The highest BCUT2D eigenvalue weighted by molar-refractivity contribution is 5.68. The van der Waals surface area contributed by atoms with Gasteiger partial charge in [-0.1, -0.05) is 6.07 Å². The topological polar surface area (TPSA) is 90.4 Å². The normalized spacial score (nSPS) is 10.0. The van der Waals surface area contributed by atoms with Crippen LogP contribution in [0.2, 0.25) is 0 Å². The molecule has 0 radical (unpaired) electrons. The van der Waals surface area contributed by atoms with Crippen LogP contribution in [-0.2, 0) is 0 Å². The van der Waals surface area contributed by atoms with E-state index in [0.29, 0.717) is 5.75 Å². The number of nitrogen functional groups attached to an aromatic ring is 1. The van der Waals surface area contributed by atoms with Crippen molar-refractivity contribution in [2.24, 2.45) is 5.84 Å². The van der Waals surface area contributed by atoms with Gasteiger partial charge < -0.3 is 10.2 Å². The number of nitrogens with zero attached hydrogens (tertiary/aromatic N) is 1. The van der Waals surface area contributed by atoms with Gasteiger partial charge in [-0.15, -0.1) is 0 Å². The lowest BCUT2D eigenvalue weighted by Gasteiger charge is -2.08. The lowest BCUT2D eigenvalue weighted by Crippen LogP contribution is -2.09. The van der Waals surface area contributed by atoms with E-state index in [0.717, 1.165) is 0 Å². The number of para-hydroxylation sites is 1. The molecule has 0 aliphatic rings. The summed E-state index contributed by atoms with van der Waals surface area (Å²) in [5.74, 6) is 5.10. The highest BCUT2D eigenvalue weighted by atomic mass is 19.1. The van der Waals surface area contributed by atoms with Gasteiger partial charge in [-0.3, -0.25) is 16.0 Å². The van der Waals surface area contributed by atoms with E-state index < -0.39 is 10.7 Å². The van der Waals surface area contributed by atoms with Crippen LogP contribution in [0, 0.1) is 15.9 Å². The number of nitro benzene ring substituents is 1. The number of benzene rings is 2. The first-order valence-corrected chi connectivity index (χ1v) is 5.29. The van der Waals surface area contributed by atoms with Gasteiger partial charge in [0.2, 0.25) is 5.75 Å². The molecule has 0 amide bonds. The van der Waals surface area contributed by atoms with Crippen molar-refractivity contribution in [1.29, 1.82) is 0 Å². The molecule has 0 heterocycles. The van der Waals surface area contributed by atoms with Crippen LogP contribution in [0.3, 0.4) is 0 Å². The Morgan fingerprint density at radius 1 is 1.21 bits per heavy atom. The summed E-state index contributed by atoms with van der Waals surface area (Å²) in [5.41, 5.74) is 2.08. The maximum Gasteiger partial charge on any atom is 0.335 e. The summed E-state index contributed by atoms with van der Waals surface area (Å²) < 4.78 is 18.1. The van der Waals surface area contributed by atoms with Crippen molar-refractivity contribution in [2.45, 2.75) is 0 Å². The molecule has 0 atom stereocenters. The van der Waals surface area contributed by atoms with Crippen molar-refractivity contribution in [3.8, 4) is 11.5 Å². The van der Waals surface area contributed by atoms with E-state index in [1.807, 2.05) is 0 Å². The van der Waals surface area contributed by atoms with E-state index >= 15 is 0 Å². The molecule has 0 saturated carbocycles. The number of hydrogen-bond donors (Lipinski definition) is 2. The summed E-state index contributed by atoms with van der Waals surface area (Å²) in [7, 11) is 0. The van der Waals surface area contributed by atoms with Crippen LogP contribution in [0.25, 0.3) is 0 Å². The Morgan fingerprint density at radius 2 is 1.89 bits per heavy atom. The van der Waals surface area contributed by atoms with Gasteiger partial charge in [0.25, 0.3) is 0 Å². The molecule has 0 fully saturated rings. The Balaban J connectivity index is 2.39. The number of anilines is 1. The molecule has 0 aliphatic heterocycles. The van der Waals surface area contributed by atoms with E-state index in [9.17, 15) is 14.5 Å². The van der Waals surface area contributed by atoms with Crippen molar-refractivity contribution >= 4 is 11.4 Å². The predicted octanol–water partition coefficient (Wildman–Crippen LogP) is 2.81. The van der Waals surface area contributed by atoms with Crippen molar-refractivity contribution in [3.63, 3.8) is 0 Å². The molecule has 0 unspecified atom stereocenters. The Hall–Kier alpha value is -2.67. The lowest BCUT2D eigenvalue weighted by atomic mass is 10.2. The first-order chi connectivity index (χ1) is 9.11. The predicted molar refractivity (Wildman–Crippen MR) is 67.4 cm³/mol. The van der Waals surface area contributed by atoms with Gasteiger partial charge in [0, 0.05) is 0 Å². The Morgan fingerprint density at radius 3 is 2.47 bits per heavy atom. The SMILES string of the molecule is NNc1cccc(Oc2ccc(F)cc2)c1[N+](=O)[O-]. The van der Waals surface area contributed by atoms with Crippen LogP contribution in [0.5, 0.6) is 11.5 Å². The highest BCUT2D eigenvalue weighted by Crippen LogP contribution is 2.36. The molecular weight excluding hydrogens is 253 g/mol. The lowest BCUT2D eigenvalue weighted by molar-refractivity contribution is -0.384. The molecule has 7 heteroatoms. The van der Waals surface area contributed by atoms with Crippen molar-refractivity contribution in [1.82, 2.24) is 0 Å². The first-order valence-electron chi connectivity index (χ1n) is 5.29. The second kappa shape index (κ2) is 5.32. The monoisotopic (exact) mass is 263 g/mol. The molecule has 6 nitrogen and oxygen atoms in total. The second-order valence-electron chi connectivity index (χ2n) is 3.61. The zero-order valence-electron chi connectivity index (χ0n) is 9.67. The number of rotatable bonds is 4. The molecule has 3 N–H and O–H groups in total. The van der Waals surface area contributed by atoms with Gasteiger partial charge >= 0.3 is 5.69 Å². The molecular formula is C12H10FN3O3. The standard InChI is InChI=1S/C12H10FN3O3/c13-8-4-6-9(7-5-8)19-11-3-1-2-10(15-14)12(11)16(17)18/h1-7,15H,14H2. The quantitative estimate of drug-likeness (QED) is 0.503. The Bertz CT molecular complexity index is 602. The average molecular weight is 263 g/mol. The number of halogens is 1. The Labute approximate surface area is 107 Å². The molecule has 2 rings (SSSR count). The highest BCUT2D eigenvalue weighted by Gasteiger charge is 2.20. The van der Waals surface area contributed by atoms with Gasteiger partial charge in [0.1, 0.15) is 17.3 Å². The molecule has 2 aromatic rings. The maximum atomic E-state index is 12.8. The summed E-state index contributed by atoms with van der Waals surface area (Å²) in [4.78, 5) is 10.4. The van der Waals surface area contributed by atoms with Gasteiger partial charge in [0.05, 0.1) is 4.92 Å². The molecule has 0 spiro atoms. The van der Waals surface area contributed by atoms with E-state index in [1.54, 1.807) is 6.07 Å². The fourth-order valence-electron chi connectivity index (χ4n) is 1.54. The number of nitrogens with one attached hydrogen (secondary N) is 1. The Kier molecular flexibility index (Phi) is 3.58. The van der Waals surface area contributed by atoms with E-state index in [-0.39, 0.29) is 17.1 Å². The van der Waals surface area contributed by atoms with Crippen LogP contribution >= 0.6 is 0 Å². The third-order valence-electron chi connectivity index (χ3n) is 2.38. The van der Waals surface area contributed by atoms with E-state index in [2.05, 4.69) is 5.43 Å². The number of hydrogen-bond acceptors (Lipinski definition) is 5. The largest absolute Gasteiger partial charge is 0.450 e. The molecule has 0 bridgehead atoms. The zero-order chi connectivity index (χ0) is 13.8. The average Bonchev–Trinajstić information content (AvgIpc) is 2.40. The third-order valence-corrected chi connectivity index (χ3v) is 2.38. The summed E-state index contributed by atoms with van der Waals surface area (Å²) >= 11 is 0. The van der Waals surface area contributed by atoms with Crippen LogP contribution < -0.4 is 16.0 Å². The number of nitrogens with two attached hydrogens (primary N) is 1. The van der Waals surface area contributed by atoms with Crippen molar-refractivity contribution in [3.05, 3.63) is 58.4 Å². The van der Waals surface area contributed by atoms with Gasteiger partial charge in [-0.2, -0.15) is 0 Å². The maximum absolute atomic E-state index is 12.8. The van der Waals surface area contributed by atoms with Gasteiger partial charge in [-0.05, 0) is 36.4 Å². The summed E-state index contributed by atoms with van der Waals surface area (Å²) in [5, 5.41) is 11.0. The summed E-state index contributed by atoms with van der Waals surface area (Å²) in [6.07, 6.45) is 0. The number of ether oxygens (including phenoxy) is 1. The molecule has 0 saturated heterocycles. The van der Waals surface area contributed by atoms with Crippen molar-refractivity contribution < 1.29 is 14.1 Å².